The molecule has 1 rings (SSSR count). The summed E-state index contributed by atoms with van der Waals surface area (Å²) in [7, 11) is -1.08. The van der Waals surface area contributed by atoms with Crippen LogP contribution in [0.3, 0.4) is 0 Å². The first-order chi connectivity index (χ1) is 12.1. The van der Waals surface area contributed by atoms with Crippen molar-refractivity contribution in [1.82, 2.24) is 9.21 Å². The fourth-order valence-electron chi connectivity index (χ4n) is 2.10. The molecule has 1 atom stereocenters. The molecule has 10 heteroatoms. The highest BCUT2D eigenvalue weighted by molar-refractivity contribution is 7.88. The minimum Gasteiger partial charge on any atom is -0.481 e. The lowest BCUT2D eigenvalue weighted by Crippen LogP contribution is -2.38. The van der Waals surface area contributed by atoms with Gasteiger partial charge in [0.2, 0.25) is 5.09 Å². The summed E-state index contributed by atoms with van der Waals surface area (Å²) in [6.45, 7) is 4.58. The zero-order valence-electron chi connectivity index (χ0n) is 15.5. The molecule has 0 fully saturated rings. The molecule has 148 valence electrons. The fraction of sp³-hybridized carbons (Fsp3) is 0.625. The van der Waals surface area contributed by atoms with E-state index in [0.29, 0.717) is 19.6 Å². The van der Waals surface area contributed by atoms with E-state index in [0.717, 1.165) is 4.31 Å². The van der Waals surface area contributed by atoms with Crippen LogP contribution in [-0.4, -0.2) is 75.0 Å². The number of amides is 1. The van der Waals surface area contributed by atoms with Gasteiger partial charge < -0.3 is 19.2 Å². The molecule has 1 N–H and O–H groups in total. The summed E-state index contributed by atoms with van der Waals surface area (Å²) in [6, 6.07) is 2.49. The summed E-state index contributed by atoms with van der Waals surface area (Å²) >= 11 is 0. The van der Waals surface area contributed by atoms with E-state index in [1.54, 1.807) is 0 Å². The van der Waals surface area contributed by atoms with E-state index in [9.17, 15) is 18.0 Å². The predicted octanol–water partition coefficient (Wildman–Crippen LogP) is 1.12. The molecule has 1 aromatic heterocycles. The minimum atomic E-state index is -3.79. The molecule has 0 bridgehead atoms. The molecule has 0 saturated heterocycles. The summed E-state index contributed by atoms with van der Waals surface area (Å²) in [5, 5.41) is 8.75. The first kappa shape index (κ1) is 22.1. The molecule has 26 heavy (non-hydrogen) atoms. The molecule has 0 radical (unpaired) electrons. The van der Waals surface area contributed by atoms with Crippen molar-refractivity contribution >= 4 is 21.9 Å². The molecule has 0 aliphatic rings. The number of hydrogen-bond donors (Lipinski definition) is 1. The van der Waals surface area contributed by atoms with E-state index in [2.05, 4.69) is 0 Å². The van der Waals surface area contributed by atoms with Crippen molar-refractivity contribution in [3.8, 4) is 0 Å². The fourth-order valence-corrected chi connectivity index (χ4v) is 2.89. The van der Waals surface area contributed by atoms with Gasteiger partial charge in [-0.1, -0.05) is 6.92 Å². The van der Waals surface area contributed by atoms with Crippen LogP contribution in [0.1, 0.15) is 30.8 Å². The van der Waals surface area contributed by atoms with E-state index in [-0.39, 0.29) is 23.9 Å². The number of carbonyl (C=O) groups excluding carboxylic acids is 1. The summed E-state index contributed by atoms with van der Waals surface area (Å²) < 4.78 is 35.6. The maximum absolute atomic E-state index is 12.7. The van der Waals surface area contributed by atoms with Crippen LogP contribution < -0.4 is 0 Å². The Bertz CT molecular complexity index is 712. The largest absolute Gasteiger partial charge is 0.481 e. The molecule has 0 aliphatic heterocycles. The van der Waals surface area contributed by atoms with Crippen LogP contribution in [0.15, 0.2) is 21.6 Å². The van der Waals surface area contributed by atoms with Gasteiger partial charge in [-0.15, -0.1) is 0 Å². The van der Waals surface area contributed by atoms with Crippen molar-refractivity contribution < 1.29 is 32.3 Å². The third-order valence-corrected chi connectivity index (χ3v) is 5.34. The Morgan fingerprint density at radius 1 is 1.31 bits per heavy atom. The van der Waals surface area contributed by atoms with Crippen molar-refractivity contribution in [2.45, 2.75) is 25.4 Å². The van der Waals surface area contributed by atoms with Crippen molar-refractivity contribution in [2.24, 2.45) is 5.92 Å². The minimum absolute atomic E-state index is 0.0171. The highest BCUT2D eigenvalue weighted by Crippen LogP contribution is 2.19. The molecule has 1 heterocycles. The van der Waals surface area contributed by atoms with Crippen molar-refractivity contribution in [3.05, 3.63) is 17.9 Å². The lowest BCUT2D eigenvalue weighted by molar-refractivity contribution is -0.141. The molecule has 1 unspecified atom stereocenters. The van der Waals surface area contributed by atoms with Crippen molar-refractivity contribution in [1.29, 1.82) is 0 Å². The molecule has 0 saturated carbocycles. The number of carbonyl (C=O) groups is 2. The Kier molecular flexibility index (Phi) is 8.25. The normalized spacial score (nSPS) is 13.0. The summed E-state index contributed by atoms with van der Waals surface area (Å²) in [4.78, 5) is 25.1. The Hall–Kier alpha value is -1.91. The number of carboxylic acids is 1. The molecular weight excluding hydrogens is 364 g/mol. The van der Waals surface area contributed by atoms with Gasteiger partial charge in [-0.05, 0) is 25.5 Å². The number of rotatable bonds is 11. The van der Waals surface area contributed by atoms with Gasteiger partial charge in [-0.3, -0.25) is 9.59 Å². The van der Waals surface area contributed by atoms with Gasteiger partial charge in [0.25, 0.3) is 15.9 Å². The molecular formula is C16H26N2O7S. The van der Waals surface area contributed by atoms with Crippen molar-refractivity contribution in [2.75, 3.05) is 40.4 Å². The SMILES string of the molecule is CCOCCCN(CC(C)C(=O)O)C(=O)c1ccc(S(=O)(=O)N(C)C)o1. The second-order valence-electron chi connectivity index (χ2n) is 5.95. The van der Waals surface area contributed by atoms with Gasteiger partial charge in [0.05, 0.1) is 5.92 Å². The smallest absolute Gasteiger partial charge is 0.308 e. The van der Waals surface area contributed by atoms with Crippen LogP contribution >= 0.6 is 0 Å². The van der Waals surface area contributed by atoms with Crippen LogP contribution in [0.5, 0.6) is 0 Å². The molecule has 1 aromatic rings. The van der Waals surface area contributed by atoms with E-state index >= 15 is 0 Å². The van der Waals surface area contributed by atoms with Crippen LogP contribution in [0.25, 0.3) is 0 Å². The van der Waals surface area contributed by atoms with Gasteiger partial charge in [-0.25, -0.2) is 12.7 Å². The number of aliphatic carboxylic acids is 1. The highest BCUT2D eigenvalue weighted by Gasteiger charge is 2.27. The number of hydrogen-bond acceptors (Lipinski definition) is 6. The molecule has 1 amide bonds. The second kappa shape index (κ2) is 9.70. The number of ether oxygens (including phenoxy) is 1. The lowest BCUT2D eigenvalue weighted by atomic mass is 10.1. The Labute approximate surface area is 153 Å². The molecule has 9 nitrogen and oxygen atoms in total. The molecule has 0 spiro atoms. The van der Waals surface area contributed by atoms with E-state index in [4.69, 9.17) is 14.3 Å². The predicted molar refractivity (Wildman–Crippen MR) is 93.4 cm³/mol. The van der Waals surface area contributed by atoms with Crippen molar-refractivity contribution in [3.63, 3.8) is 0 Å². The topological polar surface area (TPSA) is 117 Å². The Balaban J connectivity index is 2.96. The monoisotopic (exact) mass is 390 g/mol. The Morgan fingerprint density at radius 2 is 1.96 bits per heavy atom. The first-order valence-corrected chi connectivity index (χ1v) is 9.67. The first-order valence-electron chi connectivity index (χ1n) is 8.23. The van der Waals surface area contributed by atoms with Gasteiger partial charge in [0, 0.05) is 40.4 Å². The zero-order valence-corrected chi connectivity index (χ0v) is 16.3. The number of furan rings is 1. The summed E-state index contributed by atoms with van der Waals surface area (Å²) in [6.07, 6.45) is 0.523. The van der Waals surface area contributed by atoms with Crippen LogP contribution in [0, 0.1) is 5.92 Å². The van der Waals surface area contributed by atoms with Gasteiger partial charge in [-0.2, -0.15) is 0 Å². The van der Waals surface area contributed by atoms with Crippen LogP contribution in [0.2, 0.25) is 0 Å². The summed E-state index contributed by atoms with van der Waals surface area (Å²) in [5.41, 5.74) is 0. The maximum Gasteiger partial charge on any atom is 0.308 e. The van der Waals surface area contributed by atoms with Gasteiger partial charge in [0.15, 0.2) is 5.76 Å². The number of sulfonamides is 1. The van der Waals surface area contributed by atoms with Gasteiger partial charge in [0.1, 0.15) is 0 Å². The zero-order chi connectivity index (χ0) is 19.9. The van der Waals surface area contributed by atoms with E-state index in [1.807, 2.05) is 6.92 Å². The van der Waals surface area contributed by atoms with Crippen LogP contribution in [-0.2, 0) is 19.6 Å². The second-order valence-corrected chi connectivity index (χ2v) is 8.03. The van der Waals surface area contributed by atoms with E-state index < -0.39 is 27.8 Å². The van der Waals surface area contributed by atoms with E-state index in [1.165, 1.54) is 38.1 Å². The lowest BCUT2D eigenvalue weighted by Gasteiger charge is -2.23. The third kappa shape index (κ3) is 5.82. The van der Waals surface area contributed by atoms with Gasteiger partial charge >= 0.3 is 5.97 Å². The number of carboxylic acid groups (broad SMARTS) is 1. The quantitative estimate of drug-likeness (QED) is 0.563. The highest BCUT2D eigenvalue weighted by atomic mass is 32.2. The summed E-state index contributed by atoms with van der Waals surface area (Å²) in [5.74, 6) is -2.51. The molecule has 0 aliphatic carbocycles. The standard InChI is InChI=1S/C16H26N2O7S/c1-5-24-10-6-9-18(11-12(2)16(20)21)15(19)13-7-8-14(25-13)26(22,23)17(3)4/h7-8,12H,5-6,9-11H2,1-4H3,(H,20,21). The Morgan fingerprint density at radius 3 is 2.50 bits per heavy atom. The average molecular weight is 390 g/mol. The number of nitrogens with zero attached hydrogens (tertiary/aromatic N) is 2. The maximum atomic E-state index is 12.7. The average Bonchev–Trinajstić information content (AvgIpc) is 3.07. The third-order valence-electron chi connectivity index (χ3n) is 3.65. The van der Waals surface area contributed by atoms with Crippen LogP contribution in [0.4, 0.5) is 0 Å². The molecule has 0 aromatic carbocycles.